The minimum Gasteiger partial charge on any atom is -0.457 e. The fourth-order valence-electron chi connectivity index (χ4n) is 12.4. The van der Waals surface area contributed by atoms with Crippen LogP contribution in [0.15, 0.2) is 16.1 Å². The summed E-state index contributed by atoms with van der Waals surface area (Å²) in [7, 11) is 0. The van der Waals surface area contributed by atoms with Gasteiger partial charge >= 0.3 is 11.9 Å². The number of imide groups is 1. The summed E-state index contributed by atoms with van der Waals surface area (Å²) in [5.74, 6) is -0.276. The lowest BCUT2D eigenvalue weighted by Gasteiger charge is -2.74. The molecule has 9 atom stereocenters. The van der Waals surface area contributed by atoms with E-state index in [0.29, 0.717) is 30.0 Å². The number of thioether (sulfide) groups is 1. The Balaban J connectivity index is 1.19. The van der Waals surface area contributed by atoms with Crippen LogP contribution in [0.1, 0.15) is 113 Å². The Hall–Kier alpha value is -1.68. The highest BCUT2D eigenvalue weighted by atomic mass is 79.9. The monoisotopic (exact) mass is 702 g/mol. The van der Waals surface area contributed by atoms with E-state index in [-0.39, 0.29) is 54.1 Å². The van der Waals surface area contributed by atoms with Gasteiger partial charge < -0.3 is 9.57 Å². The fraction of sp³-hybridized carbons (Fsp3) is 0.800. The summed E-state index contributed by atoms with van der Waals surface area (Å²) in [6.45, 7) is 16.7. The van der Waals surface area contributed by atoms with Crippen molar-refractivity contribution in [2.75, 3.05) is 0 Å². The van der Waals surface area contributed by atoms with Gasteiger partial charge in [-0.25, -0.2) is 4.79 Å². The number of carbonyl (C=O) groups is 4. The second-order valence-electron chi connectivity index (χ2n) is 17.4. The summed E-state index contributed by atoms with van der Waals surface area (Å²) < 4.78 is 6.88. The van der Waals surface area contributed by atoms with Crippen molar-refractivity contribution in [3.8, 4) is 0 Å². The first-order valence-corrected chi connectivity index (χ1v) is 18.5. The normalized spacial score (nSPS) is 49.4. The second-order valence-corrected chi connectivity index (χ2v) is 19.5. The molecular weight excluding hydrogens is 656 g/mol. The van der Waals surface area contributed by atoms with Gasteiger partial charge in [0.15, 0.2) is 0 Å². The van der Waals surface area contributed by atoms with Crippen LogP contribution in [0.4, 0.5) is 4.79 Å². The van der Waals surface area contributed by atoms with Gasteiger partial charge in [0, 0.05) is 22.8 Å². The van der Waals surface area contributed by atoms with Gasteiger partial charge in [0.2, 0.25) is 0 Å². The molecule has 0 radical (unpaired) electrons. The highest BCUT2D eigenvalue weighted by Crippen LogP contribution is 2.81. The number of carbonyl (C=O) groups excluding carboxylic acids is 4. The molecule has 7 rings (SSSR count). The third-order valence-electron chi connectivity index (χ3n) is 14.9. The summed E-state index contributed by atoms with van der Waals surface area (Å²) in [6.07, 6.45) is 10.8. The number of hydrogen-bond acceptors (Lipinski definition) is 8. The summed E-state index contributed by atoms with van der Waals surface area (Å²) in [5, 5.41) is 6.03. The lowest BCUT2D eigenvalue weighted by Crippen LogP contribution is -2.75. The molecule has 2 amide bonds. The Kier molecular flexibility index (Phi) is 6.87. The molecule has 5 saturated carbocycles. The van der Waals surface area contributed by atoms with E-state index in [9.17, 15) is 19.2 Å². The Morgan fingerprint density at radius 3 is 2.38 bits per heavy atom. The number of esters is 1. The van der Waals surface area contributed by atoms with E-state index < -0.39 is 22.7 Å². The Labute approximate surface area is 279 Å². The maximum absolute atomic E-state index is 13.9. The van der Waals surface area contributed by atoms with E-state index in [1.807, 2.05) is 0 Å². The minimum absolute atomic E-state index is 0.00121. The number of nitrogens with one attached hydrogen (secondary N) is 1. The number of rotatable bonds is 2. The SMILES string of the molecule is CC1(C)CC[C@]23CC[C@]4(C)[C@@]5(C)CCC6C(C)(C)/C(=N/OC(=O)/C=C7\SC(=O)NC7=O)CC[C@@]6(C)C5C[C@@H](Br)[C@@]4(OC2=O)C3C1. The first-order valence-electron chi connectivity index (χ1n) is 16.8. The van der Waals surface area contributed by atoms with Crippen molar-refractivity contribution in [2.24, 2.45) is 55.4 Å². The molecule has 246 valence electrons. The van der Waals surface area contributed by atoms with Gasteiger partial charge in [-0.05, 0) is 104 Å². The lowest BCUT2D eigenvalue weighted by molar-refractivity contribution is -0.272. The smallest absolute Gasteiger partial charge is 0.359 e. The van der Waals surface area contributed by atoms with Crippen LogP contribution in [0.5, 0.6) is 0 Å². The van der Waals surface area contributed by atoms with E-state index in [0.717, 1.165) is 69.6 Å². The summed E-state index contributed by atoms with van der Waals surface area (Å²) in [6, 6.07) is 0. The molecule has 2 saturated heterocycles. The standard InChI is InChI=1S/C35H47BrN2O6S/c1-29(2)12-14-34-15-13-33(7)32(6)11-8-20-30(3,4)24(38-44-25(39)16-19-26(40)37-28(42)45-19)9-10-31(20,5)21(32)17-23(36)35(33,22(34)18-29)43-27(34)41/h16,20-23H,8-15,17-18H2,1-7H3,(H,37,40,42)/b19-16-,38-24+/t20?,21?,22?,23-,31-,32+,33-,34-,35+/m1/s1. The number of oxime groups is 1. The molecule has 1 spiro atoms. The zero-order valence-corrected chi connectivity index (χ0v) is 30.0. The number of fused-ring (bicyclic) bond motifs is 4. The molecular formula is C35H47BrN2O6S. The minimum atomic E-state index is -0.756. The van der Waals surface area contributed by atoms with E-state index in [1.165, 1.54) is 0 Å². The molecule has 1 N–H and O–H groups in total. The molecule has 3 unspecified atom stereocenters. The van der Waals surface area contributed by atoms with Crippen LogP contribution >= 0.6 is 27.7 Å². The molecule has 7 fully saturated rings. The molecule has 8 nitrogen and oxygen atoms in total. The first kappa shape index (κ1) is 31.9. The molecule has 0 aromatic heterocycles. The summed E-state index contributed by atoms with van der Waals surface area (Å²) in [5.41, 5.74) is -0.174. The van der Waals surface area contributed by atoms with Crippen LogP contribution in [-0.2, 0) is 24.0 Å². The number of hydrogen-bond donors (Lipinski definition) is 1. The van der Waals surface area contributed by atoms with E-state index >= 15 is 0 Å². The molecule has 2 aliphatic heterocycles. The quantitative estimate of drug-likeness (QED) is 0.103. The van der Waals surface area contributed by atoms with Gasteiger partial charge in [-0.1, -0.05) is 69.6 Å². The zero-order chi connectivity index (χ0) is 32.6. The van der Waals surface area contributed by atoms with Crippen molar-refractivity contribution in [1.29, 1.82) is 0 Å². The summed E-state index contributed by atoms with van der Waals surface area (Å²) in [4.78, 5) is 55.3. The van der Waals surface area contributed by atoms with Crippen molar-refractivity contribution >= 4 is 56.5 Å². The third-order valence-corrected chi connectivity index (χ3v) is 16.8. The molecule has 2 bridgehead atoms. The van der Waals surface area contributed by atoms with Crippen LogP contribution in [0.2, 0.25) is 0 Å². The topological polar surface area (TPSA) is 111 Å². The Morgan fingerprint density at radius 2 is 1.69 bits per heavy atom. The van der Waals surface area contributed by atoms with Crippen LogP contribution in [0.25, 0.3) is 0 Å². The van der Waals surface area contributed by atoms with Gasteiger partial charge in [0.25, 0.3) is 11.1 Å². The maximum atomic E-state index is 13.9. The van der Waals surface area contributed by atoms with Crippen molar-refractivity contribution in [1.82, 2.24) is 5.32 Å². The molecule has 2 heterocycles. The van der Waals surface area contributed by atoms with Crippen LogP contribution < -0.4 is 5.32 Å². The highest BCUT2D eigenvalue weighted by Gasteiger charge is 2.83. The van der Waals surface area contributed by atoms with Crippen LogP contribution in [0.3, 0.4) is 0 Å². The number of nitrogens with zero attached hydrogens (tertiary/aromatic N) is 1. The van der Waals surface area contributed by atoms with Gasteiger partial charge in [-0.15, -0.1) is 0 Å². The summed E-state index contributed by atoms with van der Waals surface area (Å²) >= 11 is 4.96. The van der Waals surface area contributed by atoms with Crippen molar-refractivity contribution in [3.63, 3.8) is 0 Å². The number of amides is 2. The molecule has 7 aliphatic rings. The van der Waals surface area contributed by atoms with Gasteiger partial charge in [0.1, 0.15) is 5.60 Å². The maximum Gasteiger partial charge on any atom is 0.359 e. The highest BCUT2D eigenvalue weighted by molar-refractivity contribution is 9.09. The van der Waals surface area contributed by atoms with E-state index in [4.69, 9.17) is 9.57 Å². The third kappa shape index (κ3) is 3.99. The van der Waals surface area contributed by atoms with E-state index in [2.05, 4.69) is 74.9 Å². The molecule has 45 heavy (non-hydrogen) atoms. The van der Waals surface area contributed by atoms with E-state index in [1.54, 1.807) is 0 Å². The average Bonchev–Trinajstić information content (AvgIpc) is 3.35. The number of alkyl halides is 1. The zero-order valence-electron chi connectivity index (χ0n) is 27.6. The second kappa shape index (κ2) is 9.70. The molecule has 0 aromatic rings. The van der Waals surface area contributed by atoms with Crippen LogP contribution in [0, 0.1) is 50.2 Å². The van der Waals surface area contributed by atoms with Crippen LogP contribution in [-0.4, -0.2) is 39.2 Å². The first-order chi connectivity index (χ1) is 20.9. The molecule has 0 aromatic carbocycles. The Bertz CT molecular complexity index is 1470. The predicted molar refractivity (Wildman–Crippen MR) is 175 cm³/mol. The van der Waals surface area contributed by atoms with Crippen molar-refractivity contribution in [3.05, 3.63) is 11.0 Å². The number of halogens is 1. The molecule has 5 aliphatic carbocycles. The van der Waals surface area contributed by atoms with Gasteiger partial charge in [-0.2, -0.15) is 0 Å². The fourth-order valence-corrected chi connectivity index (χ4v) is 14.3. The van der Waals surface area contributed by atoms with Crippen molar-refractivity contribution < 1.29 is 28.8 Å². The molecule has 10 heteroatoms. The number of ether oxygens (including phenoxy) is 1. The van der Waals surface area contributed by atoms with Crippen molar-refractivity contribution in [2.45, 2.75) is 123 Å². The average molecular weight is 704 g/mol. The predicted octanol–water partition coefficient (Wildman–Crippen LogP) is 7.69. The van der Waals surface area contributed by atoms with Gasteiger partial charge in [-0.3, -0.25) is 19.7 Å². The Morgan fingerprint density at radius 1 is 0.978 bits per heavy atom. The van der Waals surface area contributed by atoms with Gasteiger partial charge in [0.05, 0.1) is 20.9 Å². The lowest BCUT2D eigenvalue weighted by atomic mass is 9.31. The largest absolute Gasteiger partial charge is 0.457 e.